The molecule has 1 aliphatic carbocycles. The molecule has 0 N–H and O–H groups in total. The van der Waals surface area contributed by atoms with Crippen molar-refractivity contribution in [3.63, 3.8) is 0 Å². The van der Waals surface area contributed by atoms with E-state index in [1.807, 2.05) is 0 Å². The number of nitrogens with zero attached hydrogens (tertiary/aromatic N) is 1. The van der Waals surface area contributed by atoms with E-state index >= 15 is 0 Å². The van der Waals surface area contributed by atoms with Crippen LogP contribution in [0.3, 0.4) is 0 Å². The summed E-state index contributed by atoms with van der Waals surface area (Å²) >= 11 is 0. The lowest BCUT2D eigenvalue weighted by molar-refractivity contribution is -0.117. The largest absolute Gasteiger partial charge is 0.370 e. The molecule has 1 aromatic carbocycles. The molecule has 1 aromatic rings. The lowest BCUT2D eigenvalue weighted by Gasteiger charge is -2.37. The van der Waals surface area contributed by atoms with Gasteiger partial charge in [0.1, 0.15) is 0 Å². The number of carbonyl (C=O) groups excluding carboxylic acids is 1. The number of carbonyl (C=O) groups is 1. The van der Waals surface area contributed by atoms with Crippen LogP contribution < -0.4 is 0 Å². The lowest BCUT2D eigenvalue weighted by atomic mass is 9.83. The van der Waals surface area contributed by atoms with E-state index in [9.17, 15) is 4.79 Å². The SMILES string of the molecule is CC1CC(=O)C2=C(C1)N(Cc1ccccc1)CCC2. The van der Waals surface area contributed by atoms with E-state index in [4.69, 9.17) is 0 Å². The molecule has 0 saturated carbocycles. The van der Waals surface area contributed by atoms with Crippen molar-refractivity contribution in [2.24, 2.45) is 5.92 Å². The van der Waals surface area contributed by atoms with Crippen molar-refractivity contribution in [1.29, 1.82) is 0 Å². The van der Waals surface area contributed by atoms with Gasteiger partial charge in [-0.05, 0) is 30.7 Å². The number of benzene rings is 1. The van der Waals surface area contributed by atoms with Crippen LogP contribution in [0.4, 0.5) is 0 Å². The van der Waals surface area contributed by atoms with Crippen molar-refractivity contribution in [2.45, 2.75) is 39.2 Å². The van der Waals surface area contributed by atoms with Crippen molar-refractivity contribution in [1.82, 2.24) is 4.90 Å². The van der Waals surface area contributed by atoms with Gasteiger partial charge in [-0.3, -0.25) is 4.79 Å². The fourth-order valence-electron chi connectivity index (χ4n) is 3.29. The zero-order valence-electron chi connectivity index (χ0n) is 11.6. The Kier molecular flexibility index (Phi) is 3.41. The second kappa shape index (κ2) is 5.20. The molecule has 3 rings (SSSR count). The Hall–Kier alpha value is -1.57. The molecule has 2 aliphatic rings. The van der Waals surface area contributed by atoms with Crippen LogP contribution in [0.2, 0.25) is 0 Å². The first-order valence-corrected chi connectivity index (χ1v) is 7.28. The first-order chi connectivity index (χ1) is 9.24. The maximum atomic E-state index is 12.2. The second-order valence-electron chi connectivity index (χ2n) is 5.87. The van der Waals surface area contributed by atoms with Crippen LogP contribution in [0.5, 0.6) is 0 Å². The molecule has 0 bridgehead atoms. The third-order valence-electron chi connectivity index (χ3n) is 4.21. The maximum Gasteiger partial charge on any atom is 0.160 e. The first kappa shape index (κ1) is 12.5. The van der Waals surface area contributed by atoms with E-state index in [2.05, 4.69) is 42.2 Å². The summed E-state index contributed by atoms with van der Waals surface area (Å²) in [7, 11) is 0. The number of hydrogen-bond donors (Lipinski definition) is 0. The summed E-state index contributed by atoms with van der Waals surface area (Å²) in [6, 6.07) is 10.6. The Morgan fingerprint density at radius 1 is 1.21 bits per heavy atom. The van der Waals surface area contributed by atoms with E-state index in [0.29, 0.717) is 11.7 Å². The monoisotopic (exact) mass is 255 g/mol. The van der Waals surface area contributed by atoms with Gasteiger partial charge in [-0.15, -0.1) is 0 Å². The van der Waals surface area contributed by atoms with E-state index < -0.39 is 0 Å². The smallest absolute Gasteiger partial charge is 0.160 e. The van der Waals surface area contributed by atoms with Crippen LogP contribution in [-0.4, -0.2) is 17.2 Å². The zero-order chi connectivity index (χ0) is 13.2. The Morgan fingerprint density at radius 2 is 2.00 bits per heavy atom. The molecule has 0 saturated heterocycles. The fraction of sp³-hybridized carbons (Fsp3) is 0.471. The lowest BCUT2D eigenvalue weighted by Crippen LogP contribution is -2.34. The molecule has 0 radical (unpaired) electrons. The van der Waals surface area contributed by atoms with Gasteiger partial charge in [0.05, 0.1) is 0 Å². The molecule has 2 heteroatoms. The topological polar surface area (TPSA) is 20.3 Å². The minimum absolute atomic E-state index is 0.395. The maximum absolute atomic E-state index is 12.2. The molecule has 0 spiro atoms. The third-order valence-corrected chi connectivity index (χ3v) is 4.21. The van der Waals surface area contributed by atoms with E-state index in [1.165, 1.54) is 11.3 Å². The van der Waals surface area contributed by atoms with Gasteiger partial charge in [0.2, 0.25) is 0 Å². The minimum Gasteiger partial charge on any atom is -0.370 e. The van der Waals surface area contributed by atoms with Crippen molar-refractivity contribution in [2.75, 3.05) is 6.54 Å². The number of ketones is 1. The van der Waals surface area contributed by atoms with Gasteiger partial charge in [0, 0.05) is 30.8 Å². The predicted octanol–water partition coefficient (Wildman–Crippen LogP) is 3.54. The average Bonchev–Trinajstić information content (AvgIpc) is 2.41. The summed E-state index contributed by atoms with van der Waals surface area (Å²) in [5.41, 5.74) is 3.79. The van der Waals surface area contributed by atoms with E-state index in [0.717, 1.165) is 44.3 Å². The van der Waals surface area contributed by atoms with Gasteiger partial charge in [-0.1, -0.05) is 37.3 Å². The Bertz CT molecular complexity index is 503. The van der Waals surface area contributed by atoms with Crippen LogP contribution in [0.25, 0.3) is 0 Å². The molecule has 2 nitrogen and oxygen atoms in total. The van der Waals surface area contributed by atoms with Crippen molar-refractivity contribution in [3.05, 3.63) is 47.2 Å². The van der Waals surface area contributed by atoms with E-state index in [1.54, 1.807) is 0 Å². The number of Topliss-reactive ketones (excluding diaryl/α,β-unsaturated/α-hetero) is 1. The highest BCUT2D eigenvalue weighted by Crippen LogP contribution is 2.35. The predicted molar refractivity (Wildman–Crippen MR) is 76.5 cm³/mol. The van der Waals surface area contributed by atoms with Gasteiger partial charge >= 0.3 is 0 Å². The molecule has 1 atom stereocenters. The Balaban J connectivity index is 1.85. The van der Waals surface area contributed by atoms with Crippen LogP contribution in [-0.2, 0) is 11.3 Å². The molecule has 1 aliphatic heterocycles. The van der Waals surface area contributed by atoms with Crippen molar-refractivity contribution >= 4 is 5.78 Å². The van der Waals surface area contributed by atoms with Gasteiger partial charge in [0.15, 0.2) is 5.78 Å². The van der Waals surface area contributed by atoms with Crippen molar-refractivity contribution < 1.29 is 4.79 Å². The zero-order valence-corrected chi connectivity index (χ0v) is 11.6. The van der Waals surface area contributed by atoms with Crippen molar-refractivity contribution in [3.8, 4) is 0 Å². The van der Waals surface area contributed by atoms with Crippen LogP contribution in [0.15, 0.2) is 41.6 Å². The molecule has 100 valence electrons. The summed E-state index contributed by atoms with van der Waals surface area (Å²) in [6.45, 7) is 4.23. The summed E-state index contributed by atoms with van der Waals surface area (Å²) in [5.74, 6) is 0.897. The molecule has 1 unspecified atom stereocenters. The van der Waals surface area contributed by atoms with Crippen LogP contribution >= 0.6 is 0 Å². The molecule has 0 aromatic heterocycles. The second-order valence-corrected chi connectivity index (χ2v) is 5.87. The standard InChI is InChI=1S/C17H21NO/c1-13-10-16-15(17(19)11-13)8-5-9-18(16)12-14-6-3-2-4-7-14/h2-4,6-7,13H,5,8-12H2,1H3. The molecule has 1 heterocycles. The number of rotatable bonds is 2. The number of hydrogen-bond acceptors (Lipinski definition) is 2. The van der Waals surface area contributed by atoms with Gasteiger partial charge in [0.25, 0.3) is 0 Å². The summed E-state index contributed by atoms with van der Waals surface area (Å²) in [4.78, 5) is 14.6. The third kappa shape index (κ3) is 2.58. The van der Waals surface area contributed by atoms with Gasteiger partial charge < -0.3 is 4.90 Å². The normalized spacial score (nSPS) is 23.5. The highest BCUT2D eigenvalue weighted by Gasteiger charge is 2.30. The highest BCUT2D eigenvalue weighted by atomic mass is 16.1. The van der Waals surface area contributed by atoms with Gasteiger partial charge in [-0.2, -0.15) is 0 Å². The Labute approximate surface area is 115 Å². The molecule has 0 fully saturated rings. The van der Waals surface area contributed by atoms with Gasteiger partial charge in [-0.25, -0.2) is 0 Å². The van der Waals surface area contributed by atoms with E-state index in [-0.39, 0.29) is 0 Å². The molecular formula is C17H21NO. The van der Waals surface area contributed by atoms with Crippen LogP contribution in [0, 0.1) is 5.92 Å². The summed E-state index contributed by atoms with van der Waals surface area (Å²) < 4.78 is 0. The molecule has 0 amide bonds. The first-order valence-electron chi connectivity index (χ1n) is 7.28. The fourth-order valence-corrected chi connectivity index (χ4v) is 3.29. The average molecular weight is 255 g/mol. The Morgan fingerprint density at radius 3 is 2.79 bits per heavy atom. The highest BCUT2D eigenvalue weighted by molar-refractivity contribution is 5.97. The number of allylic oxidation sites excluding steroid dienone is 2. The summed E-state index contributed by atoms with van der Waals surface area (Å²) in [6.07, 6.45) is 3.93. The van der Waals surface area contributed by atoms with Crippen LogP contribution in [0.1, 0.15) is 38.2 Å². The quantitative estimate of drug-likeness (QED) is 0.805. The molecular weight excluding hydrogens is 234 g/mol. The molecule has 19 heavy (non-hydrogen) atoms. The minimum atomic E-state index is 0.395. The summed E-state index contributed by atoms with van der Waals surface area (Å²) in [5, 5.41) is 0.